The van der Waals surface area contributed by atoms with Crippen LogP contribution in [-0.4, -0.2) is 10.1 Å². The van der Waals surface area contributed by atoms with Crippen LogP contribution >= 0.6 is 27.3 Å². The topological polar surface area (TPSA) is 33.1 Å². The Balaban J connectivity index is 2.28. The first-order valence-corrected chi connectivity index (χ1v) is 6.18. The lowest BCUT2D eigenvalue weighted by atomic mass is 10.1. The number of pyridine rings is 1. The number of hydrogen-bond acceptors (Lipinski definition) is 3. The summed E-state index contributed by atoms with van der Waals surface area (Å²) in [5.41, 5.74) is 1.59. The summed E-state index contributed by atoms with van der Waals surface area (Å²) in [6.45, 7) is 2.02. The highest BCUT2D eigenvalue weighted by Crippen LogP contribution is 2.25. The van der Waals surface area contributed by atoms with E-state index in [1.54, 1.807) is 17.5 Å². The van der Waals surface area contributed by atoms with Gasteiger partial charge in [-0.2, -0.15) is 0 Å². The molecule has 0 spiro atoms. The van der Waals surface area contributed by atoms with Crippen molar-refractivity contribution in [2.75, 3.05) is 0 Å². The Labute approximate surface area is 101 Å². The van der Waals surface area contributed by atoms with Gasteiger partial charge in [0.1, 0.15) is 6.10 Å². The van der Waals surface area contributed by atoms with E-state index in [4.69, 9.17) is 0 Å². The van der Waals surface area contributed by atoms with Crippen LogP contribution in [0.15, 0.2) is 34.2 Å². The fraction of sp³-hybridized carbons (Fsp3) is 0.182. The number of aliphatic hydroxyl groups excluding tert-OH is 1. The predicted molar refractivity (Wildman–Crippen MR) is 65.1 cm³/mol. The van der Waals surface area contributed by atoms with Gasteiger partial charge in [-0.15, -0.1) is 11.3 Å². The SMILES string of the molecule is Cc1cc(C(O)c2ccc(Br)cn2)cs1. The van der Waals surface area contributed by atoms with E-state index in [2.05, 4.69) is 20.9 Å². The fourth-order valence-electron chi connectivity index (χ4n) is 1.33. The van der Waals surface area contributed by atoms with Gasteiger partial charge in [0.25, 0.3) is 0 Å². The van der Waals surface area contributed by atoms with Gasteiger partial charge in [-0.1, -0.05) is 0 Å². The molecule has 0 aliphatic heterocycles. The average molecular weight is 284 g/mol. The molecule has 4 heteroatoms. The van der Waals surface area contributed by atoms with Crippen LogP contribution in [0.5, 0.6) is 0 Å². The maximum atomic E-state index is 10.0. The Bertz CT molecular complexity index is 452. The highest BCUT2D eigenvalue weighted by atomic mass is 79.9. The number of rotatable bonds is 2. The second kappa shape index (κ2) is 4.43. The summed E-state index contributed by atoms with van der Waals surface area (Å²) in [7, 11) is 0. The number of aryl methyl sites for hydroxylation is 1. The van der Waals surface area contributed by atoms with Crippen LogP contribution in [-0.2, 0) is 0 Å². The largest absolute Gasteiger partial charge is 0.382 e. The summed E-state index contributed by atoms with van der Waals surface area (Å²) >= 11 is 4.95. The van der Waals surface area contributed by atoms with Crippen molar-refractivity contribution in [2.45, 2.75) is 13.0 Å². The molecule has 2 rings (SSSR count). The summed E-state index contributed by atoms with van der Waals surface area (Å²) in [6.07, 6.45) is 1.07. The van der Waals surface area contributed by atoms with Crippen LogP contribution in [0, 0.1) is 6.92 Å². The van der Waals surface area contributed by atoms with Crippen molar-refractivity contribution in [1.29, 1.82) is 0 Å². The number of nitrogens with zero attached hydrogens (tertiary/aromatic N) is 1. The third-order valence-corrected chi connectivity index (χ3v) is 3.45. The maximum absolute atomic E-state index is 10.0. The Hall–Kier alpha value is -0.710. The molecule has 78 valence electrons. The number of aromatic nitrogens is 1. The zero-order chi connectivity index (χ0) is 10.8. The van der Waals surface area contributed by atoms with Crippen LogP contribution in [0.2, 0.25) is 0 Å². The van der Waals surface area contributed by atoms with Crippen molar-refractivity contribution in [3.05, 3.63) is 50.4 Å². The zero-order valence-electron chi connectivity index (χ0n) is 8.14. The summed E-state index contributed by atoms with van der Waals surface area (Å²) < 4.78 is 0.917. The molecule has 0 saturated carbocycles. The Morgan fingerprint density at radius 1 is 1.47 bits per heavy atom. The minimum Gasteiger partial charge on any atom is -0.382 e. The van der Waals surface area contributed by atoms with Crippen LogP contribution < -0.4 is 0 Å². The molecule has 1 unspecified atom stereocenters. The molecule has 0 aliphatic rings. The van der Waals surface area contributed by atoms with Gasteiger partial charge in [0.2, 0.25) is 0 Å². The third-order valence-electron chi connectivity index (χ3n) is 2.10. The van der Waals surface area contributed by atoms with Crippen molar-refractivity contribution in [3.8, 4) is 0 Å². The monoisotopic (exact) mass is 283 g/mol. The molecule has 2 aromatic rings. The van der Waals surface area contributed by atoms with E-state index in [9.17, 15) is 5.11 Å². The number of aliphatic hydroxyl groups is 1. The van der Waals surface area contributed by atoms with Gasteiger partial charge >= 0.3 is 0 Å². The van der Waals surface area contributed by atoms with Crippen LogP contribution in [0.3, 0.4) is 0 Å². The standard InChI is InChI=1S/C11H10BrNOS/c1-7-4-8(6-15-7)11(14)10-3-2-9(12)5-13-10/h2-6,11,14H,1H3. The van der Waals surface area contributed by atoms with E-state index in [0.717, 1.165) is 10.0 Å². The van der Waals surface area contributed by atoms with E-state index in [-0.39, 0.29) is 0 Å². The van der Waals surface area contributed by atoms with Crippen molar-refractivity contribution in [1.82, 2.24) is 4.98 Å². The molecule has 2 heterocycles. The smallest absolute Gasteiger partial charge is 0.122 e. The number of hydrogen-bond donors (Lipinski definition) is 1. The molecule has 0 radical (unpaired) electrons. The molecule has 0 fully saturated rings. The van der Waals surface area contributed by atoms with Gasteiger partial charge in [0, 0.05) is 15.5 Å². The van der Waals surface area contributed by atoms with Crippen LogP contribution in [0.1, 0.15) is 22.2 Å². The molecule has 0 bridgehead atoms. The van der Waals surface area contributed by atoms with Crippen LogP contribution in [0.4, 0.5) is 0 Å². The van der Waals surface area contributed by atoms with E-state index in [0.29, 0.717) is 5.69 Å². The second-order valence-corrected chi connectivity index (χ2v) is 5.33. The molecule has 0 aromatic carbocycles. The maximum Gasteiger partial charge on any atom is 0.122 e. The molecule has 0 saturated heterocycles. The fourth-order valence-corrected chi connectivity index (χ4v) is 2.28. The lowest BCUT2D eigenvalue weighted by molar-refractivity contribution is 0.216. The molecule has 0 aliphatic carbocycles. The Morgan fingerprint density at radius 2 is 2.27 bits per heavy atom. The van der Waals surface area contributed by atoms with E-state index in [1.165, 1.54) is 4.88 Å². The van der Waals surface area contributed by atoms with Gasteiger partial charge < -0.3 is 5.11 Å². The summed E-state index contributed by atoms with van der Waals surface area (Å²) in [4.78, 5) is 5.37. The normalized spacial score (nSPS) is 12.7. The van der Waals surface area contributed by atoms with Gasteiger partial charge in [-0.25, -0.2) is 0 Å². The van der Waals surface area contributed by atoms with Crippen molar-refractivity contribution in [2.24, 2.45) is 0 Å². The lowest BCUT2D eigenvalue weighted by Crippen LogP contribution is -2.00. The Morgan fingerprint density at radius 3 is 2.80 bits per heavy atom. The first-order chi connectivity index (χ1) is 7.16. The van der Waals surface area contributed by atoms with E-state index >= 15 is 0 Å². The van der Waals surface area contributed by atoms with Gasteiger partial charge in [0.15, 0.2) is 0 Å². The van der Waals surface area contributed by atoms with Crippen LogP contribution in [0.25, 0.3) is 0 Å². The molecule has 2 aromatic heterocycles. The predicted octanol–water partition coefficient (Wildman–Crippen LogP) is 3.30. The molecular weight excluding hydrogens is 274 g/mol. The number of thiophene rings is 1. The van der Waals surface area contributed by atoms with Crippen molar-refractivity contribution >= 4 is 27.3 Å². The summed E-state index contributed by atoms with van der Waals surface area (Å²) in [5.74, 6) is 0. The molecular formula is C11H10BrNOS. The summed E-state index contributed by atoms with van der Waals surface area (Å²) in [6, 6.07) is 5.69. The van der Waals surface area contributed by atoms with Gasteiger partial charge in [-0.05, 0) is 52.0 Å². The highest BCUT2D eigenvalue weighted by Gasteiger charge is 2.12. The van der Waals surface area contributed by atoms with E-state index in [1.807, 2.05) is 30.5 Å². The molecule has 2 nitrogen and oxygen atoms in total. The lowest BCUT2D eigenvalue weighted by Gasteiger charge is -2.07. The summed E-state index contributed by atoms with van der Waals surface area (Å²) in [5, 5.41) is 12.0. The minimum atomic E-state index is -0.622. The second-order valence-electron chi connectivity index (χ2n) is 3.29. The number of halogens is 1. The third kappa shape index (κ3) is 2.45. The molecule has 0 amide bonds. The molecule has 15 heavy (non-hydrogen) atoms. The molecule has 1 N–H and O–H groups in total. The van der Waals surface area contributed by atoms with Crippen molar-refractivity contribution < 1.29 is 5.11 Å². The first kappa shape index (κ1) is 10.8. The first-order valence-electron chi connectivity index (χ1n) is 4.51. The minimum absolute atomic E-state index is 0.622. The quantitative estimate of drug-likeness (QED) is 0.918. The van der Waals surface area contributed by atoms with E-state index < -0.39 is 6.10 Å². The van der Waals surface area contributed by atoms with Gasteiger partial charge in [-0.3, -0.25) is 4.98 Å². The Kier molecular flexibility index (Phi) is 3.19. The molecule has 1 atom stereocenters. The highest BCUT2D eigenvalue weighted by molar-refractivity contribution is 9.10. The zero-order valence-corrected chi connectivity index (χ0v) is 10.5. The van der Waals surface area contributed by atoms with Gasteiger partial charge in [0.05, 0.1) is 5.69 Å². The van der Waals surface area contributed by atoms with Crippen molar-refractivity contribution in [3.63, 3.8) is 0 Å². The average Bonchev–Trinajstić information content (AvgIpc) is 2.65.